The monoisotopic (exact) mass is 191 g/mol. The highest BCUT2D eigenvalue weighted by atomic mass is 32.2. The van der Waals surface area contributed by atoms with Crippen molar-refractivity contribution in [1.82, 2.24) is 4.72 Å². The molecule has 1 aliphatic rings. The minimum absolute atomic E-state index is 0.0775. The highest BCUT2D eigenvalue weighted by molar-refractivity contribution is 7.89. The minimum atomic E-state index is -2.98. The fourth-order valence-electron chi connectivity index (χ4n) is 1.03. The van der Waals surface area contributed by atoms with Crippen LogP contribution in [0.2, 0.25) is 0 Å². The van der Waals surface area contributed by atoms with E-state index in [0.29, 0.717) is 11.7 Å². The van der Waals surface area contributed by atoms with Crippen molar-refractivity contribution in [2.24, 2.45) is 5.92 Å². The van der Waals surface area contributed by atoms with Crippen LogP contribution in [0.5, 0.6) is 0 Å². The van der Waals surface area contributed by atoms with E-state index >= 15 is 0 Å². The summed E-state index contributed by atoms with van der Waals surface area (Å²) in [6, 6.07) is 0.0775. The smallest absolute Gasteiger partial charge is 0.212 e. The Morgan fingerprint density at radius 1 is 1.50 bits per heavy atom. The number of rotatable bonds is 5. The fraction of sp³-hybridized carbons (Fsp3) is 1.00. The molecule has 1 aliphatic carbocycles. The van der Waals surface area contributed by atoms with Crippen LogP contribution in [-0.4, -0.2) is 20.2 Å². The van der Waals surface area contributed by atoms with E-state index in [-0.39, 0.29) is 6.04 Å². The van der Waals surface area contributed by atoms with E-state index in [9.17, 15) is 8.42 Å². The van der Waals surface area contributed by atoms with Crippen molar-refractivity contribution in [3.8, 4) is 0 Å². The average Bonchev–Trinajstić information content (AvgIpc) is 2.69. The van der Waals surface area contributed by atoms with Crippen LogP contribution in [0.1, 0.15) is 33.1 Å². The Morgan fingerprint density at radius 2 is 2.08 bits per heavy atom. The molecule has 1 atom stereocenters. The summed E-state index contributed by atoms with van der Waals surface area (Å²) < 4.78 is 25.3. The third kappa shape index (κ3) is 3.54. The highest BCUT2D eigenvalue weighted by Gasteiger charge is 2.28. The number of hydrogen-bond donors (Lipinski definition) is 1. The van der Waals surface area contributed by atoms with Gasteiger partial charge in [0.05, 0.1) is 5.75 Å². The Kier molecular flexibility index (Phi) is 3.12. The Labute approximate surface area is 74.6 Å². The second-order valence-corrected chi connectivity index (χ2v) is 5.45. The van der Waals surface area contributed by atoms with Gasteiger partial charge < -0.3 is 0 Å². The van der Waals surface area contributed by atoms with Crippen molar-refractivity contribution in [3.05, 3.63) is 0 Å². The molecule has 0 bridgehead atoms. The molecule has 0 aliphatic heterocycles. The lowest BCUT2D eigenvalue weighted by molar-refractivity contribution is 0.552. The van der Waals surface area contributed by atoms with E-state index in [1.807, 2.05) is 13.8 Å². The van der Waals surface area contributed by atoms with Crippen LogP contribution in [-0.2, 0) is 10.0 Å². The molecule has 4 heteroatoms. The third-order valence-corrected chi connectivity index (χ3v) is 3.82. The zero-order valence-electron chi connectivity index (χ0n) is 7.71. The van der Waals surface area contributed by atoms with Gasteiger partial charge in [0.2, 0.25) is 10.0 Å². The molecule has 1 saturated carbocycles. The Morgan fingerprint density at radius 3 is 2.50 bits per heavy atom. The van der Waals surface area contributed by atoms with E-state index in [0.717, 1.165) is 19.3 Å². The van der Waals surface area contributed by atoms with Gasteiger partial charge in [-0.3, -0.25) is 0 Å². The zero-order valence-corrected chi connectivity index (χ0v) is 8.52. The van der Waals surface area contributed by atoms with Crippen LogP contribution in [0, 0.1) is 5.92 Å². The van der Waals surface area contributed by atoms with Gasteiger partial charge >= 0.3 is 0 Å². The second-order valence-electron chi connectivity index (χ2n) is 3.65. The van der Waals surface area contributed by atoms with E-state index in [2.05, 4.69) is 4.72 Å². The standard InChI is InChI=1S/C8H17NO2S/c1-3-7(2)9-12(10,11)6-8-4-5-8/h7-9H,3-6H2,1-2H3. The third-order valence-electron chi connectivity index (χ3n) is 2.15. The summed E-state index contributed by atoms with van der Waals surface area (Å²) in [6.07, 6.45) is 3.02. The molecule has 0 aromatic heterocycles. The van der Waals surface area contributed by atoms with Crippen molar-refractivity contribution >= 4 is 10.0 Å². The van der Waals surface area contributed by atoms with Crippen LogP contribution in [0.4, 0.5) is 0 Å². The maximum atomic E-state index is 11.3. The maximum absolute atomic E-state index is 11.3. The number of nitrogens with one attached hydrogen (secondary N) is 1. The van der Waals surface area contributed by atoms with Gasteiger partial charge in [-0.2, -0.15) is 0 Å². The summed E-state index contributed by atoms with van der Waals surface area (Å²) in [5.41, 5.74) is 0. The topological polar surface area (TPSA) is 46.2 Å². The van der Waals surface area contributed by atoms with Crippen LogP contribution < -0.4 is 4.72 Å². The second kappa shape index (κ2) is 3.75. The molecule has 1 fully saturated rings. The van der Waals surface area contributed by atoms with Crippen LogP contribution in [0.25, 0.3) is 0 Å². The van der Waals surface area contributed by atoms with Gasteiger partial charge in [-0.25, -0.2) is 13.1 Å². The molecule has 0 radical (unpaired) electrons. The SMILES string of the molecule is CCC(C)NS(=O)(=O)CC1CC1. The van der Waals surface area contributed by atoms with Crippen LogP contribution in [0.3, 0.4) is 0 Å². The van der Waals surface area contributed by atoms with Gasteiger partial charge in [0.25, 0.3) is 0 Å². The van der Waals surface area contributed by atoms with Gasteiger partial charge in [0.1, 0.15) is 0 Å². The largest absolute Gasteiger partial charge is 0.212 e. The molecular weight excluding hydrogens is 174 g/mol. The molecule has 1 rings (SSSR count). The van der Waals surface area contributed by atoms with Crippen molar-refractivity contribution < 1.29 is 8.42 Å². The molecule has 0 heterocycles. The van der Waals surface area contributed by atoms with Crippen molar-refractivity contribution in [3.63, 3.8) is 0 Å². The first-order valence-electron chi connectivity index (χ1n) is 4.53. The summed E-state index contributed by atoms with van der Waals surface area (Å²) in [7, 11) is -2.98. The summed E-state index contributed by atoms with van der Waals surface area (Å²) >= 11 is 0. The van der Waals surface area contributed by atoms with Gasteiger partial charge in [-0.15, -0.1) is 0 Å². The summed E-state index contributed by atoms with van der Waals surface area (Å²) in [4.78, 5) is 0. The van der Waals surface area contributed by atoms with Gasteiger partial charge in [-0.05, 0) is 32.1 Å². The normalized spacial score (nSPS) is 20.8. The quantitative estimate of drug-likeness (QED) is 0.707. The van der Waals surface area contributed by atoms with Crippen molar-refractivity contribution in [2.45, 2.75) is 39.2 Å². The first-order chi connectivity index (χ1) is 5.53. The maximum Gasteiger partial charge on any atom is 0.212 e. The fourth-order valence-corrected chi connectivity index (χ4v) is 2.86. The van der Waals surface area contributed by atoms with Crippen LogP contribution in [0.15, 0.2) is 0 Å². The molecule has 0 aromatic carbocycles. The average molecular weight is 191 g/mol. The Bertz CT molecular complexity index is 231. The highest BCUT2D eigenvalue weighted by Crippen LogP contribution is 2.29. The molecule has 0 spiro atoms. The molecule has 0 aromatic rings. The van der Waals surface area contributed by atoms with E-state index in [1.54, 1.807) is 0 Å². The Balaban J connectivity index is 2.36. The Hall–Kier alpha value is -0.0900. The first kappa shape index (κ1) is 9.99. The van der Waals surface area contributed by atoms with E-state index in [4.69, 9.17) is 0 Å². The molecule has 3 nitrogen and oxygen atoms in total. The van der Waals surface area contributed by atoms with Crippen molar-refractivity contribution in [2.75, 3.05) is 5.75 Å². The predicted molar refractivity (Wildman–Crippen MR) is 49.4 cm³/mol. The summed E-state index contributed by atoms with van der Waals surface area (Å²) in [5.74, 6) is 0.767. The predicted octanol–water partition coefficient (Wildman–Crippen LogP) is 1.11. The molecule has 0 saturated heterocycles. The molecule has 1 N–H and O–H groups in total. The van der Waals surface area contributed by atoms with Gasteiger partial charge in [0, 0.05) is 6.04 Å². The summed E-state index contributed by atoms with van der Waals surface area (Å²) in [6.45, 7) is 3.87. The number of hydrogen-bond acceptors (Lipinski definition) is 2. The summed E-state index contributed by atoms with van der Waals surface area (Å²) in [5, 5.41) is 0. The van der Waals surface area contributed by atoms with Gasteiger partial charge in [-0.1, -0.05) is 6.92 Å². The molecule has 0 amide bonds. The van der Waals surface area contributed by atoms with E-state index in [1.165, 1.54) is 0 Å². The van der Waals surface area contributed by atoms with Crippen molar-refractivity contribution in [1.29, 1.82) is 0 Å². The zero-order chi connectivity index (χ0) is 9.19. The molecular formula is C8H17NO2S. The molecule has 1 unspecified atom stereocenters. The molecule has 72 valence electrons. The molecule has 12 heavy (non-hydrogen) atoms. The lowest BCUT2D eigenvalue weighted by atomic mass is 10.3. The van der Waals surface area contributed by atoms with E-state index < -0.39 is 10.0 Å². The van der Waals surface area contributed by atoms with Crippen LogP contribution >= 0.6 is 0 Å². The minimum Gasteiger partial charge on any atom is -0.212 e. The number of sulfonamides is 1. The lowest BCUT2D eigenvalue weighted by Gasteiger charge is -2.11. The first-order valence-corrected chi connectivity index (χ1v) is 6.18. The van der Waals surface area contributed by atoms with Gasteiger partial charge in [0.15, 0.2) is 0 Å². The lowest BCUT2D eigenvalue weighted by Crippen LogP contribution is -2.34.